The van der Waals surface area contributed by atoms with Crippen molar-refractivity contribution in [2.75, 3.05) is 45.1 Å². The number of nitrogens with zero attached hydrogens (tertiary/aromatic N) is 2. The van der Waals surface area contributed by atoms with Gasteiger partial charge in [-0.3, -0.25) is 4.79 Å². The van der Waals surface area contributed by atoms with Gasteiger partial charge in [0.1, 0.15) is 0 Å². The Bertz CT molecular complexity index is 549. The van der Waals surface area contributed by atoms with Gasteiger partial charge in [-0.25, -0.2) is 0 Å². The van der Waals surface area contributed by atoms with Crippen molar-refractivity contribution in [1.29, 1.82) is 0 Å². The van der Waals surface area contributed by atoms with Crippen LogP contribution < -0.4 is 0 Å². The third kappa shape index (κ3) is 5.20. The Labute approximate surface area is 154 Å². The highest BCUT2D eigenvalue weighted by molar-refractivity contribution is 8.00. The van der Waals surface area contributed by atoms with Crippen molar-refractivity contribution in [2.45, 2.75) is 23.8 Å². The monoisotopic (exact) mass is 364 g/mol. The second-order valence-electron chi connectivity index (χ2n) is 7.13. The molecule has 2 fully saturated rings. The summed E-state index contributed by atoms with van der Waals surface area (Å²) in [5.41, 5.74) is 0. The lowest BCUT2D eigenvalue weighted by atomic mass is 9.95. The molecule has 1 aromatic rings. The minimum Gasteiger partial charge on any atom is -0.396 e. The molecule has 1 amide bonds. The Hall–Kier alpha value is -1.08. The molecule has 0 saturated carbocycles. The van der Waals surface area contributed by atoms with E-state index in [2.05, 4.69) is 4.90 Å². The van der Waals surface area contributed by atoms with Gasteiger partial charge in [0.15, 0.2) is 0 Å². The van der Waals surface area contributed by atoms with Crippen LogP contribution in [0.25, 0.3) is 0 Å². The van der Waals surface area contributed by atoms with Gasteiger partial charge >= 0.3 is 0 Å². The summed E-state index contributed by atoms with van der Waals surface area (Å²) >= 11 is 1.57. The molecule has 0 radical (unpaired) electrons. The number of piperidine rings is 1. The van der Waals surface area contributed by atoms with E-state index in [1.165, 1.54) is 0 Å². The van der Waals surface area contributed by atoms with E-state index in [4.69, 9.17) is 0 Å². The molecule has 2 aliphatic rings. The number of carbonyl (C=O) groups is 1. The minimum absolute atomic E-state index is 0.136. The van der Waals surface area contributed by atoms with Gasteiger partial charge in [-0.1, -0.05) is 18.2 Å². The van der Waals surface area contributed by atoms with Crippen molar-refractivity contribution >= 4 is 17.7 Å². The zero-order chi connectivity index (χ0) is 17.6. The van der Waals surface area contributed by atoms with Gasteiger partial charge < -0.3 is 20.0 Å². The number of thioether (sulfide) groups is 1. The first-order chi connectivity index (χ1) is 12.2. The third-order valence-electron chi connectivity index (χ3n) is 5.32. The average Bonchev–Trinajstić information content (AvgIpc) is 3.05. The summed E-state index contributed by atoms with van der Waals surface area (Å²) in [6.07, 6.45) is 1.49. The molecule has 3 rings (SSSR count). The Morgan fingerprint density at radius 3 is 2.48 bits per heavy atom. The molecule has 0 aromatic heterocycles. The first kappa shape index (κ1) is 18.7. The molecule has 2 saturated heterocycles. The molecule has 0 unspecified atom stereocenters. The topological polar surface area (TPSA) is 64.0 Å². The highest BCUT2D eigenvalue weighted by atomic mass is 32.2. The predicted octanol–water partition coefficient (Wildman–Crippen LogP) is 1.30. The number of hydrogen-bond donors (Lipinski definition) is 2. The molecule has 0 spiro atoms. The first-order valence-corrected chi connectivity index (χ1v) is 10.1. The molecule has 2 atom stereocenters. The second-order valence-corrected chi connectivity index (χ2v) is 8.18. The standard InChI is InChI=1S/C19H28N2O3S/c22-13-16-12-21(19(24)14-25-18-4-2-1-3-5-18)11-15(16)10-20-8-6-17(23)7-9-20/h1-5,15-17,22-23H,6-14H2/t15-,16-/m1/s1. The number of benzene rings is 1. The van der Waals surface area contributed by atoms with E-state index in [9.17, 15) is 15.0 Å². The van der Waals surface area contributed by atoms with E-state index in [-0.39, 0.29) is 24.5 Å². The molecule has 2 aliphatic heterocycles. The molecule has 6 heteroatoms. The largest absolute Gasteiger partial charge is 0.396 e. The minimum atomic E-state index is -0.165. The van der Waals surface area contributed by atoms with Crippen molar-refractivity contribution < 1.29 is 15.0 Å². The fourth-order valence-corrected chi connectivity index (χ4v) is 4.57. The van der Waals surface area contributed by atoms with Crippen LogP contribution >= 0.6 is 11.8 Å². The number of amides is 1. The van der Waals surface area contributed by atoms with E-state index in [1.807, 2.05) is 35.2 Å². The number of rotatable bonds is 6. The van der Waals surface area contributed by atoms with Gasteiger partial charge in [-0.2, -0.15) is 0 Å². The van der Waals surface area contributed by atoms with Crippen molar-refractivity contribution in [3.63, 3.8) is 0 Å². The molecule has 5 nitrogen and oxygen atoms in total. The fraction of sp³-hybridized carbons (Fsp3) is 0.632. The Balaban J connectivity index is 1.49. The molecule has 0 aliphatic carbocycles. The number of hydrogen-bond acceptors (Lipinski definition) is 5. The molecular formula is C19H28N2O3S. The molecule has 2 N–H and O–H groups in total. The van der Waals surface area contributed by atoms with E-state index in [1.54, 1.807) is 11.8 Å². The first-order valence-electron chi connectivity index (χ1n) is 9.12. The Morgan fingerprint density at radius 1 is 1.12 bits per heavy atom. The molecule has 2 heterocycles. The quantitative estimate of drug-likeness (QED) is 0.745. The summed E-state index contributed by atoms with van der Waals surface area (Å²) in [6, 6.07) is 9.98. The van der Waals surface area contributed by atoms with Crippen LogP contribution in [0.5, 0.6) is 0 Å². The summed E-state index contributed by atoms with van der Waals surface area (Å²) in [5.74, 6) is 1.09. The van der Waals surface area contributed by atoms with Crippen molar-refractivity contribution in [3.8, 4) is 0 Å². The highest BCUT2D eigenvalue weighted by Crippen LogP contribution is 2.27. The van der Waals surface area contributed by atoms with Crippen molar-refractivity contribution in [3.05, 3.63) is 30.3 Å². The van der Waals surface area contributed by atoms with Crippen LogP contribution in [0, 0.1) is 11.8 Å². The summed E-state index contributed by atoms with van der Waals surface area (Å²) in [7, 11) is 0. The van der Waals surface area contributed by atoms with Gasteiger partial charge in [-0.15, -0.1) is 11.8 Å². The molecular weight excluding hydrogens is 336 g/mol. The van der Waals surface area contributed by atoms with Crippen LogP contribution in [-0.2, 0) is 4.79 Å². The van der Waals surface area contributed by atoms with E-state index < -0.39 is 0 Å². The van der Waals surface area contributed by atoms with Crippen LogP contribution in [0.15, 0.2) is 35.2 Å². The van der Waals surface area contributed by atoms with E-state index in [0.717, 1.165) is 43.9 Å². The summed E-state index contributed by atoms with van der Waals surface area (Å²) in [4.78, 5) is 17.9. The van der Waals surface area contributed by atoms with Crippen LogP contribution in [-0.4, -0.2) is 77.1 Å². The second kappa shape index (κ2) is 9.03. The lowest BCUT2D eigenvalue weighted by Gasteiger charge is -2.32. The summed E-state index contributed by atoms with van der Waals surface area (Å²) in [5, 5.41) is 19.3. The lowest BCUT2D eigenvalue weighted by molar-refractivity contribution is -0.127. The molecule has 0 bridgehead atoms. The van der Waals surface area contributed by atoms with Crippen LogP contribution in [0.2, 0.25) is 0 Å². The molecule has 1 aromatic carbocycles. The van der Waals surface area contributed by atoms with Gasteiger partial charge in [0, 0.05) is 50.1 Å². The Morgan fingerprint density at radius 2 is 1.80 bits per heavy atom. The number of likely N-dealkylation sites (tertiary alicyclic amines) is 2. The zero-order valence-electron chi connectivity index (χ0n) is 14.6. The van der Waals surface area contributed by atoms with Gasteiger partial charge in [0.05, 0.1) is 11.9 Å². The average molecular weight is 365 g/mol. The van der Waals surface area contributed by atoms with Crippen molar-refractivity contribution in [1.82, 2.24) is 9.80 Å². The number of carbonyl (C=O) groups excluding carboxylic acids is 1. The van der Waals surface area contributed by atoms with Gasteiger partial charge in [-0.05, 0) is 30.9 Å². The normalized spacial score (nSPS) is 25.4. The maximum Gasteiger partial charge on any atom is 0.232 e. The zero-order valence-corrected chi connectivity index (χ0v) is 15.4. The number of aliphatic hydroxyl groups is 2. The maximum absolute atomic E-state index is 12.5. The third-order valence-corrected chi connectivity index (χ3v) is 6.32. The van der Waals surface area contributed by atoms with E-state index in [0.29, 0.717) is 18.2 Å². The lowest BCUT2D eigenvalue weighted by Crippen LogP contribution is -2.41. The SMILES string of the molecule is O=C(CSc1ccccc1)N1C[C@@H](CN2CCC(O)CC2)[C@@H](CO)C1. The van der Waals surface area contributed by atoms with Crippen LogP contribution in [0.4, 0.5) is 0 Å². The summed E-state index contributed by atoms with van der Waals surface area (Å²) < 4.78 is 0. The van der Waals surface area contributed by atoms with Gasteiger partial charge in [0.2, 0.25) is 5.91 Å². The highest BCUT2D eigenvalue weighted by Gasteiger charge is 2.36. The number of aliphatic hydroxyl groups excluding tert-OH is 2. The summed E-state index contributed by atoms with van der Waals surface area (Å²) in [6.45, 7) is 4.26. The van der Waals surface area contributed by atoms with Crippen LogP contribution in [0.3, 0.4) is 0 Å². The maximum atomic E-state index is 12.5. The fourth-order valence-electron chi connectivity index (χ4n) is 3.74. The predicted molar refractivity (Wildman–Crippen MR) is 99.5 cm³/mol. The molecule has 25 heavy (non-hydrogen) atoms. The van der Waals surface area contributed by atoms with Crippen LogP contribution in [0.1, 0.15) is 12.8 Å². The van der Waals surface area contributed by atoms with Gasteiger partial charge in [0.25, 0.3) is 0 Å². The molecule has 138 valence electrons. The Kier molecular flexibility index (Phi) is 6.76. The van der Waals surface area contributed by atoms with Crippen molar-refractivity contribution in [2.24, 2.45) is 11.8 Å². The van der Waals surface area contributed by atoms with E-state index >= 15 is 0 Å². The smallest absolute Gasteiger partial charge is 0.232 e.